The van der Waals surface area contributed by atoms with Crippen molar-refractivity contribution in [1.29, 1.82) is 0 Å². The Kier molecular flexibility index (Phi) is 4.32. The minimum Gasteiger partial charge on any atom is -0.497 e. The molecule has 2 aromatic rings. The molecule has 0 spiro atoms. The van der Waals surface area contributed by atoms with Crippen molar-refractivity contribution in [1.82, 2.24) is 5.43 Å². The molecule has 0 aliphatic rings. The molecule has 0 amide bonds. The van der Waals surface area contributed by atoms with Crippen LogP contribution in [0.3, 0.4) is 0 Å². The highest BCUT2D eigenvalue weighted by molar-refractivity contribution is 5.38. The molecular formula is C15H16F2N2O. The van der Waals surface area contributed by atoms with Gasteiger partial charge in [-0.05, 0) is 36.2 Å². The van der Waals surface area contributed by atoms with E-state index >= 15 is 0 Å². The zero-order valence-electron chi connectivity index (χ0n) is 11.3. The highest BCUT2D eigenvalue weighted by atomic mass is 19.1. The van der Waals surface area contributed by atoms with E-state index in [2.05, 4.69) is 5.43 Å². The summed E-state index contributed by atoms with van der Waals surface area (Å²) in [5.74, 6) is 4.96. The fourth-order valence-corrected chi connectivity index (χ4v) is 2.09. The first kappa shape index (κ1) is 14.4. The molecule has 0 aromatic heterocycles. The Morgan fingerprint density at radius 3 is 2.55 bits per heavy atom. The number of rotatable bonds is 4. The molecule has 2 rings (SSSR count). The van der Waals surface area contributed by atoms with E-state index in [1.807, 2.05) is 0 Å². The smallest absolute Gasteiger partial charge is 0.131 e. The third kappa shape index (κ3) is 2.79. The van der Waals surface area contributed by atoms with E-state index in [1.54, 1.807) is 38.3 Å². The van der Waals surface area contributed by atoms with Crippen molar-refractivity contribution in [3.63, 3.8) is 0 Å². The molecule has 20 heavy (non-hydrogen) atoms. The highest BCUT2D eigenvalue weighted by Gasteiger charge is 2.18. The van der Waals surface area contributed by atoms with Crippen molar-refractivity contribution in [2.75, 3.05) is 7.11 Å². The first-order valence-corrected chi connectivity index (χ1v) is 6.12. The summed E-state index contributed by atoms with van der Waals surface area (Å²) >= 11 is 0. The van der Waals surface area contributed by atoms with Gasteiger partial charge >= 0.3 is 0 Å². The molecule has 0 saturated heterocycles. The monoisotopic (exact) mass is 278 g/mol. The SMILES string of the molecule is COc1cccc(C(NN)c2cc(C)c(F)cc2F)c1. The molecule has 1 atom stereocenters. The number of methoxy groups -OCH3 is 1. The van der Waals surface area contributed by atoms with Gasteiger partial charge in [-0.1, -0.05) is 12.1 Å². The Balaban J connectivity index is 2.49. The van der Waals surface area contributed by atoms with E-state index < -0.39 is 17.7 Å². The van der Waals surface area contributed by atoms with Crippen molar-refractivity contribution in [3.8, 4) is 5.75 Å². The van der Waals surface area contributed by atoms with Gasteiger partial charge in [0.1, 0.15) is 17.4 Å². The largest absolute Gasteiger partial charge is 0.497 e. The molecular weight excluding hydrogens is 262 g/mol. The summed E-state index contributed by atoms with van der Waals surface area (Å²) in [5.41, 5.74) is 3.95. The maximum atomic E-state index is 14.0. The fraction of sp³-hybridized carbons (Fsp3) is 0.200. The molecule has 0 saturated carbocycles. The lowest BCUT2D eigenvalue weighted by molar-refractivity contribution is 0.413. The van der Waals surface area contributed by atoms with Gasteiger partial charge in [-0.2, -0.15) is 0 Å². The van der Waals surface area contributed by atoms with Gasteiger partial charge in [-0.25, -0.2) is 14.2 Å². The lowest BCUT2D eigenvalue weighted by atomic mass is 9.97. The lowest BCUT2D eigenvalue weighted by Gasteiger charge is -2.19. The summed E-state index contributed by atoms with van der Waals surface area (Å²) in [6.07, 6.45) is 0. The summed E-state index contributed by atoms with van der Waals surface area (Å²) in [5, 5.41) is 0. The minimum absolute atomic E-state index is 0.291. The van der Waals surface area contributed by atoms with E-state index in [1.165, 1.54) is 6.07 Å². The Hall–Kier alpha value is -1.98. The van der Waals surface area contributed by atoms with Crippen molar-refractivity contribution < 1.29 is 13.5 Å². The summed E-state index contributed by atoms with van der Waals surface area (Å²) in [6.45, 7) is 1.58. The molecule has 3 nitrogen and oxygen atoms in total. The molecule has 106 valence electrons. The van der Waals surface area contributed by atoms with Crippen LogP contribution in [0.1, 0.15) is 22.7 Å². The number of ether oxygens (including phenoxy) is 1. The third-order valence-corrected chi connectivity index (χ3v) is 3.18. The zero-order valence-corrected chi connectivity index (χ0v) is 11.3. The first-order chi connectivity index (χ1) is 9.56. The van der Waals surface area contributed by atoms with Crippen molar-refractivity contribution in [2.24, 2.45) is 5.84 Å². The van der Waals surface area contributed by atoms with E-state index in [0.717, 1.165) is 11.6 Å². The van der Waals surface area contributed by atoms with Gasteiger partial charge in [-0.15, -0.1) is 0 Å². The average molecular weight is 278 g/mol. The summed E-state index contributed by atoms with van der Waals surface area (Å²) in [6, 6.07) is 8.86. The Bertz CT molecular complexity index is 617. The van der Waals surface area contributed by atoms with Crippen LogP contribution in [0.2, 0.25) is 0 Å². The Labute approximate surface area is 116 Å². The van der Waals surface area contributed by atoms with Gasteiger partial charge in [0.15, 0.2) is 0 Å². The van der Waals surface area contributed by atoms with Gasteiger partial charge in [0.25, 0.3) is 0 Å². The predicted molar refractivity (Wildman–Crippen MR) is 73.3 cm³/mol. The number of nitrogens with one attached hydrogen (secondary N) is 1. The zero-order chi connectivity index (χ0) is 14.7. The molecule has 0 bridgehead atoms. The van der Waals surface area contributed by atoms with Crippen LogP contribution in [0.4, 0.5) is 8.78 Å². The summed E-state index contributed by atoms with van der Waals surface area (Å²) in [4.78, 5) is 0. The summed E-state index contributed by atoms with van der Waals surface area (Å²) in [7, 11) is 1.55. The van der Waals surface area contributed by atoms with Crippen LogP contribution in [-0.4, -0.2) is 7.11 Å². The number of benzene rings is 2. The molecule has 0 fully saturated rings. The topological polar surface area (TPSA) is 47.3 Å². The van der Waals surface area contributed by atoms with Crippen LogP contribution in [-0.2, 0) is 0 Å². The van der Waals surface area contributed by atoms with Crippen molar-refractivity contribution in [2.45, 2.75) is 13.0 Å². The molecule has 0 aliphatic heterocycles. The Morgan fingerprint density at radius 2 is 1.90 bits per heavy atom. The maximum Gasteiger partial charge on any atom is 0.131 e. The van der Waals surface area contributed by atoms with Crippen molar-refractivity contribution in [3.05, 3.63) is 64.7 Å². The van der Waals surface area contributed by atoms with Crippen LogP contribution in [0.15, 0.2) is 36.4 Å². The van der Waals surface area contributed by atoms with E-state index in [0.29, 0.717) is 16.9 Å². The number of hydrogen-bond donors (Lipinski definition) is 2. The number of halogens is 2. The lowest BCUT2D eigenvalue weighted by Crippen LogP contribution is -2.29. The van der Waals surface area contributed by atoms with Gasteiger partial charge in [0.2, 0.25) is 0 Å². The average Bonchev–Trinajstić information content (AvgIpc) is 2.45. The van der Waals surface area contributed by atoms with Crippen LogP contribution < -0.4 is 16.0 Å². The molecule has 5 heteroatoms. The predicted octanol–water partition coefficient (Wildman–Crippen LogP) is 2.83. The van der Waals surface area contributed by atoms with Crippen molar-refractivity contribution >= 4 is 0 Å². The second kappa shape index (κ2) is 5.98. The second-order valence-electron chi connectivity index (χ2n) is 4.50. The third-order valence-electron chi connectivity index (χ3n) is 3.18. The minimum atomic E-state index is -0.640. The first-order valence-electron chi connectivity index (χ1n) is 6.12. The normalized spacial score (nSPS) is 12.2. The van der Waals surface area contributed by atoms with E-state index in [4.69, 9.17) is 10.6 Å². The van der Waals surface area contributed by atoms with Gasteiger partial charge in [-0.3, -0.25) is 5.84 Å². The quantitative estimate of drug-likeness (QED) is 0.668. The number of hydrazine groups is 1. The number of hydrogen-bond acceptors (Lipinski definition) is 3. The highest BCUT2D eigenvalue weighted by Crippen LogP contribution is 2.28. The van der Waals surface area contributed by atoms with Gasteiger partial charge in [0.05, 0.1) is 13.2 Å². The van der Waals surface area contributed by atoms with Crippen LogP contribution in [0, 0.1) is 18.6 Å². The second-order valence-corrected chi connectivity index (χ2v) is 4.50. The van der Waals surface area contributed by atoms with Crippen LogP contribution >= 0.6 is 0 Å². The number of aryl methyl sites for hydroxylation is 1. The molecule has 0 heterocycles. The molecule has 0 aliphatic carbocycles. The van der Waals surface area contributed by atoms with Crippen LogP contribution in [0.25, 0.3) is 0 Å². The molecule has 0 radical (unpaired) electrons. The molecule has 2 aromatic carbocycles. The van der Waals surface area contributed by atoms with Gasteiger partial charge < -0.3 is 4.74 Å². The molecule has 3 N–H and O–H groups in total. The number of nitrogens with two attached hydrogens (primary N) is 1. The standard InChI is InChI=1S/C15H16F2N2O/c1-9-6-12(14(17)8-13(9)16)15(19-18)10-4-3-5-11(7-10)20-2/h3-8,15,19H,18H2,1-2H3. The van der Waals surface area contributed by atoms with E-state index in [-0.39, 0.29) is 0 Å². The van der Waals surface area contributed by atoms with E-state index in [9.17, 15) is 8.78 Å². The molecule has 1 unspecified atom stereocenters. The Morgan fingerprint density at radius 1 is 1.15 bits per heavy atom. The maximum absolute atomic E-state index is 14.0. The fourth-order valence-electron chi connectivity index (χ4n) is 2.09. The van der Waals surface area contributed by atoms with Crippen LogP contribution in [0.5, 0.6) is 5.75 Å². The van der Waals surface area contributed by atoms with Gasteiger partial charge in [0, 0.05) is 11.6 Å². The summed E-state index contributed by atoms with van der Waals surface area (Å²) < 4.78 is 32.4.